The Morgan fingerprint density at radius 2 is 1.94 bits per heavy atom. The van der Waals surface area contributed by atoms with Crippen LogP contribution in [-0.2, 0) is 18.5 Å². The number of carbonyl (C=O) groups excluding carboxylic acids is 1. The first-order valence-corrected chi connectivity index (χ1v) is 12.6. The molecule has 1 aromatic heterocycles. The zero-order chi connectivity index (χ0) is 23.3. The van der Waals surface area contributed by atoms with Gasteiger partial charge in [0.05, 0.1) is 22.3 Å². The molecule has 0 aliphatic carbocycles. The highest BCUT2D eigenvalue weighted by molar-refractivity contribution is 7.98. The molecule has 2 aromatic carbocycles. The predicted molar refractivity (Wildman–Crippen MR) is 125 cm³/mol. The molecule has 0 bridgehead atoms. The minimum absolute atomic E-state index is 0.0480. The van der Waals surface area contributed by atoms with Gasteiger partial charge >= 0.3 is 6.18 Å². The van der Waals surface area contributed by atoms with Gasteiger partial charge < -0.3 is 5.32 Å². The van der Waals surface area contributed by atoms with Crippen LogP contribution in [0.4, 0.5) is 13.2 Å². The Hall–Kier alpha value is -2.36. The fourth-order valence-electron chi connectivity index (χ4n) is 3.84. The number of carbonyl (C=O) groups is 1. The zero-order valence-corrected chi connectivity index (χ0v) is 19.5. The largest absolute Gasteiger partial charge is 0.416 e. The Balaban J connectivity index is 1.29. The van der Waals surface area contributed by atoms with Gasteiger partial charge in [0.1, 0.15) is 0 Å². The summed E-state index contributed by atoms with van der Waals surface area (Å²) in [5.41, 5.74) is 3.48. The molecule has 1 aliphatic rings. The fraction of sp³-hybridized carbons (Fsp3) is 0.333. The first kappa shape index (κ1) is 23.8. The van der Waals surface area contributed by atoms with Crippen molar-refractivity contribution in [3.63, 3.8) is 0 Å². The second-order valence-electron chi connectivity index (χ2n) is 7.99. The second kappa shape index (κ2) is 10.7. The van der Waals surface area contributed by atoms with Crippen LogP contribution in [0.1, 0.15) is 40.0 Å². The Labute approximate surface area is 199 Å². The SMILES string of the molecule is O=C(NC1CCN(Cc2cccc(C(F)(F)F)c2)CC1)c1ccccc1SCc1cscn1. The summed E-state index contributed by atoms with van der Waals surface area (Å²) in [6.07, 6.45) is -2.81. The number of halogens is 3. The van der Waals surface area contributed by atoms with E-state index in [1.165, 1.54) is 12.1 Å². The van der Waals surface area contributed by atoms with Gasteiger partial charge in [-0.3, -0.25) is 9.69 Å². The number of thiazole rings is 1. The van der Waals surface area contributed by atoms with Crippen molar-refractivity contribution in [3.8, 4) is 0 Å². The maximum atomic E-state index is 12.9. The van der Waals surface area contributed by atoms with E-state index in [1.54, 1.807) is 34.7 Å². The topological polar surface area (TPSA) is 45.2 Å². The molecule has 33 heavy (non-hydrogen) atoms. The van der Waals surface area contributed by atoms with Crippen molar-refractivity contribution in [3.05, 3.63) is 81.8 Å². The van der Waals surface area contributed by atoms with E-state index in [4.69, 9.17) is 0 Å². The number of benzene rings is 2. The summed E-state index contributed by atoms with van der Waals surface area (Å²) in [5.74, 6) is 0.620. The lowest BCUT2D eigenvalue weighted by Crippen LogP contribution is -2.44. The van der Waals surface area contributed by atoms with Crippen molar-refractivity contribution < 1.29 is 18.0 Å². The van der Waals surface area contributed by atoms with Gasteiger partial charge in [-0.2, -0.15) is 13.2 Å². The van der Waals surface area contributed by atoms with E-state index in [0.717, 1.165) is 42.6 Å². The molecule has 1 amide bonds. The average molecular weight is 492 g/mol. The minimum Gasteiger partial charge on any atom is -0.349 e. The molecule has 0 unspecified atom stereocenters. The Bertz CT molecular complexity index is 1060. The maximum absolute atomic E-state index is 12.9. The van der Waals surface area contributed by atoms with E-state index in [1.807, 2.05) is 29.6 Å². The van der Waals surface area contributed by atoms with E-state index in [-0.39, 0.29) is 11.9 Å². The Morgan fingerprint density at radius 3 is 2.67 bits per heavy atom. The molecule has 1 saturated heterocycles. The van der Waals surface area contributed by atoms with Crippen molar-refractivity contribution in [2.75, 3.05) is 13.1 Å². The van der Waals surface area contributed by atoms with Gasteiger partial charge in [0, 0.05) is 41.7 Å². The lowest BCUT2D eigenvalue weighted by atomic mass is 10.0. The number of nitrogens with zero attached hydrogens (tertiary/aromatic N) is 2. The van der Waals surface area contributed by atoms with Crippen LogP contribution in [-0.4, -0.2) is 34.9 Å². The summed E-state index contributed by atoms with van der Waals surface area (Å²) in [4.78, 5) is 20.3. The quantitative estimate of drug-likeness (QED) is 0.421. The molecule has 1 fully saturated rings. The highest BCUT2D eigenvalue weighted by Gasteiger charge is 2.30. The summed E-state index contributed by atoms with van der Waals surface area (Å²) in [6.45, 7) is 1.92. The predicted octanol–water partition coefficient (Wildman–Crippen LogP) is 5.85. The summed E-state index contributed by atoms with van der Waals surface area (Å²) in [6, 6.07) is 13.1. The van der Waals surface area contributed by atoms with Crippen molar-refractivity contribution >= 4 is 29.0 Å². The van der Waals surface area contributed by atoms with Crippen LogP contribution in [0.5, 0.6) is 0 Å². The molecule has 9 heteroatoms. The number of rotatable bonds is 7. The van der Waals surface area contributed by atoms with Crippen LogP contribution in [0.3, 0.4) is 0 Å². The number of likely N-dealkylation sites (tertiary alicyclic amines) is 1. The van der Waals surface area contributed by atoms with E-state index >= 15 is 0 Å². The first-order valence-electron chi connectivity index (χ1n) is 10.7. The van der Waals surface area contributed by atoms with E-state index in [0.29, 0.717) is 23.4 Å². The summed E-state index contributed by atoms with van der Waals surface area (Å²) < 4.78 is 38.8. The molecule has 2 heterocycles. The monoisotopic (exact) mass is 491 g/mol. The number of amides is 1. The van der Waals surface area contributed by atoms with Crippen molar-refractivity contribution in [2.45, 2.75) is 42.3 Å². The molecule has 4 rings (SSSR count). The number of alkyl halides is 3. The van der Waals surface area contributed by atoms with Crippen LogP contribution in [0.25, 0.3) is 0 Å². The van der Waals surface area contributed by atoms with Crippen molar-refractivity contribution in [1.29, 1.82) is 0 Å². The Morgan fingerprint density at radius 1 is 1.15 bits per heavy atom. The van der Waals surface area contributed by atoms with Gasteiger partial charge in [0.25, 0.3) is 5.91 Å². The third-order valence-electron chi connectivity index (χ3n) is 5.57. The van der Waals surface area contributed by atoms with Crippen LogP contribution >= 0.6 is 23.1 Å². The zero-order valence-electron chi connectivity index (χ0n) is 17.8. The van der Waals surface area contributed by atoms with E-state index in [2.05, 4.69) is 15.2 Å². The maximum Gasteiger partial charge on any atom is 0.416 e. The molecule has 0 radical (unpaired) electrons. The first-order chi connectivity index (χ1) is 15.9. The van der Waals surface area contributed by atoms with E-state index in [9.17, 15) is 18.0 Å². The van der Waals surface area contributed by atoms with E-state index < -0.39 is 11.7 Å². The number of thioether (sulfide) groups is 1. The van der Waals surface area contributed by atoms with Crippen LogP contribution in [0.2, 0.25) is 0 Å². The van der Waals surface area contributed by atoms with Crippen LogP contribution < -0.4 is 5.32 Å². The van der Waals surface area contributed by atoms with Gasteiger partial charge in [0.15, 0.2) is 0 Å². The van der Waals surface area contributed by atoms with Gasteiger partial charge in [0.2, 0.25) is 0 Å². The lowest BCUT2D eigenvalue weighted by molar-refractivity contribution is -0.137. The minimum atomic E-state index is -4.33. The molecule has 3 aromatic rings. The van der Waals surface area contributed by atoms with Crippen molar-refractivity contribution in [1.82, 2.24) is 15.2 Å². The third kappa shape index (κ3) is 6.59. The number of aromatic nitrogens is 1. The number of hydrogen-bond donors (Lipinski definition) is 1. The standard InChI is InChI=1S/C24H24F3N3OS2/c25-24(26,27)18-5-3-4-17(12-18)13-30-10-8-19(9-11-30)29-23(31)21-6-1-2-7-22(21)33-15-20-14-32-16-28-20/h1-7,12,14,16,19H,8-11,13,15H2,(H,29,31). The fourth-order valence-corrected chi connectivity index (χ4v) is 5.46. The van der Waals surface area contributed by atoms with Gasteiger partial charge in [-0.05, 0) is 36.6 Å². The number of piperidine rings is 1. The Kier molecular flexibility index (Phi) is 7.72. The van der Waals surface area contributed by atoms with Crippen LogP contribution in [0.15, 0.2) is 64.3 Å². The normalized spacial score (nSPS) is 15.5. The molecular weight excluding hydrogens is 467 g/mol. The molecule has 0 spiro atoms. The van der Waals surface area contributed by atoms with Crippen LogP contribution in [0, 0.1) is 0 Å². The average Bonchev–Trinajstić information content (AvgIpc) is 3.32. The summed E-state index contributed by atoms with van der Waals surface area (Å²) >= 11 is 3.15. The van der Waals surface area contributed by atoms with Gasteiger partial charge in [-0.1, -0.05) is 30.3 Å². The molecule has 0 saturated carbocycles. The molecule has 174 valence electrons. The number of nitrogens with one attached hydrogen (secondary N) is 1. The van der Waals surface area contributed by atoms with Crippen molar-refractivity contribution in [2.24, 2.45) is 0 Å². The molecule has 1 N–H and O–H groups in total. The smallest absolute Gasteiger partial charge is 0.349 e. The molecular formula is C24H24F3N3OS2. The van der Waals surface area contributed by atoms with Gasteiger partial charge in [-0.25, -0.2) is 4.98 Å². The summed E-state index contributed by atoms with van der Waals surface area (Å²) in [5, 5.41) is 5.14. The third-order valence-corrected chi connectivity index (χ3v) is 7.32. The number of hydrogen-bond acceptors (Lipinski definition) is 5. The molecule has 1 aliphatic heterocycles. The highest BCUT2D eigenvalue weighted by atomic mass is 32.2. The molecule has 0 atom stereocenters. The lowest BCUT2D eigenvalue weighted by Gasteiger charge is -2.32. The second-order valence-corrected chi connectivity index (χ2v) is 9.72. The molecule has 4 nitrogen and oxygen atoms in total. The van der Waals surface area contributed by atoms with Gasteiger partial charge in [-0.15, -0.1) is 23.1 Å². The summed E-state index contributed by atoms with van der Waals surface area (Å²) in [7, 11) is 0. The highest BCUT2D eigenvalue weighted by Crippen LogP contribution is 2.30.